The molecule has 0 unspecified atom stereocenters. The molecule has 1 heterocycles. The van der Waals surface area contributed by atoms with Gasteiger partial charge in [0.15, 0.2) is 0 Å². The Morgan fingerprint density at radius 2 is 1.67 bits per heavy atom. The van der Waals surface area contributed by atoms with Gasteiger partial charge in [0.1, 0.15) is 0 Å². The Balaban J connectivity index is 2.26. The van der Waals surface area contributed by atoms with Gasteiger partial charge in [-0.1, -0.05) is 18.2 Å². The summed E-state index contributed by atoms with van der Waals surface area (Å²) in [5, 5.41) is 4.13. The minimum absolute atomic E-state index is 0.368. The van der Waals surface area contributed by atoms with Gasteiger partial charge < -0.3 is 0 Å². The molecular weight excluding hydrogens is 212 g/mol. The number of nitrogens with zero attached hydrogens (tertiary/aromatic N) is 2. The fraction of sp³-hybridized carbons (Fsp3) is 0.400. The third kappa shape index (κ3) is 2.19. The molecule has 0 saturated carbocycles. The summed E-state index contributed by atoms with van der Waals surface area (Å²) in [6, 6.07) is 8.54. The lowest BCUT2D eigenvalue weighted by atomic mass is 10.4. The van der Waals surface area contributed by atoms with Gasteiger partial charge in [-0.2, -0.15) is 4.31 Å². The van der Waals surface area contributed by atoms with Crippen LogP contribution < -0.4 is 5.32 Å². The van der Waals surface area contributed by atoms with E-state index < -0.39 is 10.0 Å². The standard InChI is InChI=1S/C10H13N2O2S/c13-15(14,10-4-2-1-3-5-10)12-8-6-11-7-9-12/h1-5H,6-9H2. The zero-order chi connectivity index (χ0) is 10.7. The van der Waals surface area contributed by atoms with Gasteiger partial charge in [0.2, 0.25) is 10.0 Å². The van der Waals surface area contributed by atoms with E-state index in [0.717, 1.165) is 0 Å². The molecule has 0 N–H and O–H groups in total. The number of rotatable bonds is 2. The van der Waals surface area contributed by atoms with Crippen molar-refractivity contribution in [2.75, 3.05) is 26.2 Å². The predicted octanol–water partition coefficient (Wildman–Crippen LogP) is 0.295. The van der Waals surface area contributed by atoms with Crippen molar-refractivity contribution < 1.29 is 8.42 Å². The lowest BCUT2D eigenvalue weighted by molar-refractivity contribution is 0.356. The summed E-state index contributed by atoms with van der Waals surface area (Å²) < 4.78 is 25.6. The lowest BCUT2D eigenvalue weighted by Gasteiger charge is -2.25. The largest absolute Gasteiger partial charge is 0.243 e. The third-order valence-electron chi connectivity index (χ3n) is 2.40. The second kappa shape index (κ2) is 4.30. The van der Waals surface area contributed by atoms with E-state index in [0.29, 0.717) is 31.1 Å². The molecule has 1 aliphatic heterocycles. The van der Waals surface area contributed by atoms with Crippen molar-refractivity contribution in [3.05, 3.63) is 30.3 Å². The molecule has 0 spiro atoms. The monoisotopic (exact) mass is 225 g/mol. The molecule has 2 rings (SSSR count). The Labute approximate surface area is 90.0 Å². The van der Waals surface area contributed by atoms with Crippen LogP contribution in [0.15, 0.2) is 35.2 Å². The van der Waals surface area contributed by atoms with Gasteiger partial charge in [-0.15, -0.1) is 0 Å². The van der Waals surface area contributed by atoms with Crippen LogP contribution in [0.2, 0.25) is 0 Å². The first kappa shape index (κ1) is 10.6. The van der Waals surface area contributed by atoms with Crippen LogP contribution in [-0.2, 0) is 10.0 Å². The fourth-order valence-corrected chi connectivity index (χ4v) is 3.01. The Bertz CT molecular complexity index is 410. The average Bonchev–Trinajstić information content (AvgIpc) is 2.31. The third-order valence-corrected chi connectivity index (χ3v) is 4.31. The lowest BCUT2D eigenvalue weighted by Crippen LogP contribution is -2.43. The topological polar surface area (TPSA) is 51.5 Å². The van der Waals surface area contributed by atoms with Gasteiger partial charge >= 0.3 is 0 Å². The average molecular weight is 225 g/mol. The number of hydrogen-bond donors (Lipinski definition) is 0. The zero-order valence-corrected chi connectivity index (χ0v) is 9.15. The van der Waals surface area contributed by atoms with E-state index in [2.05, 4.69) is 5.32 Å². The molecule has 1 saturated heterocycles. The first-order valence-corrected chi connectivity index (χ1v) is 6.34. The summed E-state index contributed by atoms with van der Waals surface area (Å²) in [5.41, 5.74) is 0. The van der Waals surface area contributed by atoms with Gasteiger partial charge in [0.05, 0.1) is 4.90 Å². The summed E-state index contributed by atoms with van der Waals surface area (Å²) in [4.78, 5) is 0.368. The van der Waals surface area contributed by atoms with Crippen LogP contribution in [0, 0.1) is 0 Å². The van der Waals surface area contributed by atoms with Crippen molar-refractivity contribution in [3.63, 3.8) is 0 Å². The molecule has 1 fully saturated rings. The molecule has 1 radical (unpaired) electrons. The van der Waals surface area contributed by atoms with Gasteiger partial charge in [-0.3, -0.25) is 0 Å². The Kier molecular flexibility index (Phi) is 3.04. The SMILES string of the molecule is O=S(=O)(c1ccccc1)N1CC[N]CC1. The highest BCUT2D eigenvalue weighted by atomic mass is 32.2. The smallest absolute Gasteiger partial charge is 0.239 e. The molecule has 1 aromatic rings. The molecule has 0 bridgehead atoms. The highest BCUT2D eigenvalue weighted by Crippen LogP contribution is 2.15. The van der Waals surface area contributed by atoms with Crippen molar-refractivity contribution in [1.29, 1.82) is 0 Å². The summed E-state index contributed by atoms with van der Waals surface area (Å²) >= 11 is 0. The van der Waals surface area contributed by atoms with Crippen LogP contribution >= 0.6 is 0 Å². The highest BCUT2D eigenvalue weighted by Gasteiger charge is 2.25. The van der Waals surface area contributed by atoms with Crippen molar-refractivity contribution in [2.45, 2.75) is 4.90 Å². The normalized spacial score (nSPS) is 18.9. The molecule has 0 aromatic heterocycles. The van der Waals surface area contributed by atoms with E-state index in [1.165, 1.54) is 4.31 Å². The summed E-state index contributed by atoms with van der Waals surface area (Å²) in [6.07, 6.45) is 0. The van der Waals surface area contributed by atoms with E-state index in [-0.39, 0.29) is 0 Å². The maximum atomic E-state index is 12.1. The van der Waals surface area contributed by atoms with E-state index >= 15 is 0 Å². The summed E-state index contributed by atoms with van der Waals surface area (Å²) in [7, 11) is -3.29. The van der Waals surface area contributed by atoms with Crippen LogP contribution in [0.5, 0.6) is 0 Å². The second-order valence-corrected chi connectivity index (χ2v) is 5.33. The molecule has 81 valence electrons. The molecule has 1 aromatic carbocycles. The van der Waals surface area contributed by atoms with Crippen molar-refractivity contribution in [2.24, 2.45) is 0 Å². The number of sulfonamides is 1. The first-order chi connectivity index (χ1) is 7.21. The molecule has 5 heteroatoms. The highest BCUT2D eigenvalue weighted by molar-refractivity contribution is 7.89. The van der Waals surface area contributed by atoms with Crippen LogP contribution in [0.25, 0.3) is 0 Å². The van der Waals surface area contributed by atoms with Crippen molar-refractivity contribution in [1.82, 2.24) is 9.62 Å². The van der Waals surface area contributed by atoms with E-state index in [9.17, 15) is 8.42 Å². The molecule has 0 amide bonds. The van der Waals surface area contributed by atoms with Crippen LogP contribution in [0.4, 0.5) is 0 Å². The van der Waals surface area contributed by atoms with Crippen molar-refractivity contribution >= 4 is 10.0 Å². The van der Waals surface area contributed by atoms with E-state index in [4.69, 9.17) is 0 Å². The molecule has 1 aliphatic rings. The number of hydrogen-bond acceptors (Lipinski definition) is 2. The Morgan fingerprint density at radius 1 is 1.07 bits per heavy atom. The van der Waals surface area contributed by atoms with Crippen LogP contribution in [-0.4, -0.2) is 38.9 Å². The zero-order valence-electron chi connectivity index (χ0n) is 8.33. The van der Waals surface area contributed by atoms with Gasteiger partial charge in [-0.05, 0) is 12.1 Å². The maximum absolute atomic E-state index is 12.1. The molecular formula is C10H13N2O2S. The molecule has 15 heavy (non-hydrogen) atoms. The maximum Gasteiger partial charge on any atom is 0.243 e. The summed E-state index contributed by atoms with van der Waals surface area (Å²) in [5.74, 6) is 0. The van der Waals surface area contributed by atoms with E-state index in [1.54, 1.807) is 24.3 Å². The van der Waals surface area contributed by atoms with Crippen molar-refractivity contribution in [3.8, 4) is 0 Å². The second-order valence-electron chi connectivity index (χ2n) is 3.39. The fourth-order valence-electron chi connectivity index (χ4n) is 1.57. The van der Waals surface area contributed by atoms with Gasteiger partial charge in [0.25, 0.3) is 0 Å². The molecule has 0 atom stereocenters. The Hall–Kier alpha value is -0.910. The number of benzene rings is 1. The van der Waals surface area contributed by atoms with E-state index in [1.807, 2.05) is 6.07 Å². The van der Waals surface area contributed by atoms with Crippen LogP contribution in [0.3, 0.4) is 0 Å². The van der Waals surface area contributed by atoms with Gasteiger partial charge in [0, 0.05) is 26.2 Å². The van der Waals surface area contributed by atoms with Crippen LogP contribution in [0.1, 0.15) is 0 Å². The first-order valence-electron chi connectivity index (χ1n) is 4.90. The number of piperazine rings is 1. The quantitative estimate of drug-likeness (QED) is 0.726. The molecule has 0 aliphatic carbocycles. The Morgan fingerprint density at radius 3 is 2.27 bits per heavy atom. The molecule has 4 nitrogen and oxygen atoms in total. The minimum Gasteiger partial charge on any atom is -0.239 e. The minimum atomic E-state index is -3.29. The predicted molar refractivity (Wildman–Crippen MR) is 57.1 cm³/mol. The summed E-state index contributed by atoms with van der Waals surface area (Å²) in [6.45, 7) is 2.20. The van der Waals surface area contributed by atoms with Gasteiger partial charge in [-0.25, -0.2) is 13.7 Å².